The van der Waals surface area contributed by atoms with Gasteiger partial charge in [-0.3, -0.25) is 4.90 Å². The molecule has 1 aliphatic heterocycles. The predicted octanol–water partition coefficient (Wildman–Crippen LogP) is 1.22. The van der Waals surface area contributed by atoms with E-state index in [4.69, 9.17) is 0 Å². The quantitative estimate of drug-likeness (QED) is 0.827. The number of nitrogens with zero attached hydrogens (tertiary/aromatic N) is 1. The van der Waals surface area contributed by atoms with Gasteiger partial charge >= 0.3 is 0 Å². The molecule has 1 aliphatic carbocycles. The summed E-state index contributed by atoms with van der Waals surface area (Å²) in [5.74, 6) is 0. The van der Waals surface area contributed by atoms with Crippen molar-refractivity contribution >= 4 is 11.3 Å². The summed E-state index contributed by atoms with van der Waals surface area (Å²) in [4.78, 5) is 3.90. The molecule has 0 aromatic carbocycles. The van der Waals surface area contributed by atoms with Crippen LogP contribution in [-0.2, 0) is 13.0 Å². The van der Waals surface area contributed by atoms with E-state index in [-0.39, 0.29) is 6.10 Å². The second-order valence-corrected chi connectivity index (χ2v) is 6.19. The monoisotopic (exact) mass is 252 g/mol. The first-order chi connectivity index (χ1) is 8.31. The van der Waals surface area contributed by atoms with Crippen molar-refractivity contribution in [2.24, 2.45) is 0 Å². The molecule has 94 valence electrons. The summed E-state index contributed by atoms with van der Waals surface area (Å²) in [6.45, 7) is 3.65. The topological polar surface area (TPSA) is 35.5 Å². The van der Waals surface area contributed by atoms with Crippen LogP contribution in [0.3, 0.4) is 0 Å². The van der Waals surface area contributed by atoms with Gasteiger partial charge in [0, 0.05) is 37.1 Å². The molecule has 0 saturated heterocycles. The molecule has 17 heavy (non-hydrogen) atoms. The Labute approximate surface area is 106 Å². The Morgan fingerprint density at radius 2 is 2.41 bits per heavy atom. The van der Waals surface area contributed by atoms with Crippen LogP contribution in [0.4, 0.5) is 0 Å². The van der Waals surface area contributed by atoms with Crippen molar-refractivity contribution in [1.82, 2.24) is 10.2 Å². The van der Waals surface area contributed by atoms with Crippen molar-refractivity contribution in [1.29, 1.82) is 0 Å². The molecule has 1 fully saturated rings. The number of fused-ring (bicyclic) bond motifs is 1. The fourth-order valence-electron chi connectivity index (χ4n) is 2.42. The van der Waals surface area contributed by atoms with E-state index in [0.29, 0.717) is 6.04 Å². The van der Waals surface area contributed by atoms with Crippen LogP contribution in [0.25, 0.3) is 0 Å². The van der Waals surface area contributed by atoms with E-state index in [9.17, 15) is 5.11 Å². The highest BCUT2D eigenvalue weighted by molar-refractivity contribution is 7.10. The van der Waals surface area contributed by atoms with Crippen LogP contribution in [0.1, 0.15) is 23.3 Å². The van der Waals surface area contributed by atoms with Crippen molar-refractivity contribution in [2.45, 2.75) is 38.0 Å². The third-order valence-electron chi connectivity index (χ3n) is 3.58. The molecule has 0 radical (unpaired) electrons. The van der Waals surface area contributed by atoms with Gasteiger partial charge in [0.25, 0.3) is 0 Å². The van der Waals surface area contributed by atoms with Gasteiger partial charge < -0.3 is 10.4 Å². The van der Waals surface area contributed by atoms with E-state index in [1.165, 1.54) is 23.3 Å². The number of aliphatic hydroxyl groups is 1. The lowest BCUT2D eigenvalue weighted by Crippen LogP contribution is -2.40. The molecular weight excluding hydrogens is 232 g/mol. The number of nitrogens with one attached hydrogen (secondary N) is 1. The van der Waals surface area contributed by atoms with E-state index in [0.717, 1.165) is 32.6 Å². The van der Waals surface area contributed by atoms with E-state index >= 15 is 0 Å². The molecular formula is C13H20N2OS. The lowest BCUT2D eigenvalue weighted by molar-refractivity contribution is 0.104. The van der Waals surface area contributed by atoms with Gasteiger partial charge in [-0.15, -0.1) is 11.3 Å². The van der Waals surface area contributed by atoms with Crippen LogP contribution in [0.15, 0.2) is 11.4 Å². The average molecular weight is 252 g/mol. The Bertz CT molecular complexity index is 375. The molecule has 2 N–H and O–H groups in total. The summed E-state index contributed by atoms with van der Waals surface area (Å²) < 4.78 is 0. The van der Waals surface area contributed by atoms with Crippen LogP contribution in [0.5, 0.6) is 0 Å². The SMILES string of the molecule is OC(CNC1CC1)CN1CCc2sccc2C1. The average Bonchev–Trinajstić information content (AvgIpc) is 3.04. The summed E-state index contributed by atoms with van der Waals surface area (Å²) in [7, 11) is 0. The van der Waals surface area contributed by atoms with Gasteiger partial charge in [0.1, 0.15) is 0 Å². The van der Waals surface area contributed by atoms with Crippen molar-refractivity contribution in [3.8, 4) is 0 Å². The van der Waals surface area contributed by atoms with Crippen molar-refractivity contribution in [3.05, 3.63) is 21.9 Å². The summed E-state index contributed by atoms with van der Waals surface area (Å²) in [5, 5.41) is 15.5. The molecule has 3 rings (SSSR count). The smallest absolute Gasteiger partial charge is 0.0791 e. The van der Waals surface area contributed by atoms with Crippen LogP contribution in [-0.4, -0.2) is 41.8 Å². The molecule has 1 aromatic heterocycles. The fourth-order valence-corrected chi connectivity index (χ4v) is 3.31. The Morgan fingerprint density at radius 3 is 3.24 bits per heavy atom. The third kappa shape index (κ3) is 3.07. The molecule has 1 aromatic rings. The number of aliphatic hydroxyl groups excluding tert-OH is 1. The van der Waals surface area contributed by atoms with Gasteiger partial charge in [0.05, 0.1) is 6.10 Å². The highest BCUT2D eigenvalue weighted by Crippen LogP contribution is 2.24. The van der Waals surface area contributed by atoms with Crippen molar-refractivity contribution < 1.29 is 5.11 Å². The lowest BCUT2D eigenvalue weighted by Gasteiger charge is -2.28. The largest absolute Gasteiger partial charge is 0.390 e. The molecule has 4 heteroatoms. The normalized spacial score (nSPS) is 22.4. The second-order valence-electron chi connectivity index (χ2n) is 5.19. The maximum absolute atomic E-state index is 9.98. The molecule has 0 bridgehead atoms. The van der Waals surface area contributed by atoms with E-state index in [1.54, 1.807) is 0 Å². The minimum absolute atomic E-state index is 0.226. The Morgan fingerprint density at radius 1 is 1.53 bits per heavy atom. The third-order valence-corrected chi connectivity index (χ3v) is 4.60. The number of β-amino-alcohol motifs (C(OH)–C–C–N with tert-alkyl or cyclic N) is 1. The maximum atomic E-state index is 9.98. The van der Waals surface area contributed by atoms with Gasteiger partial charge in [-0.1, -0.05) is 0 Å². The van der Waals surface area contributed by atoms with Crippen molar-refractivity contribution in [3.63, 3.8) is 0 Å². The lowest BCUT2D eigenvalue weighted by atomic mass is 10.1. The first kappa shape index (κ1) is 11.7. The van der Waals surface area contributed by atoms with Crippen LogP contribution >= 0.6 is 11.3 Å². The Hall–Kier alpha value is -0.420. The van der Waals surface area contributed by atoms with Crippen LogP contribution in [0.2, 0.25) is 0 Å². The van der Waals surface area contributed by atoms with Gasteiger partial charge in [0.2, 0.25) is 0 Å². The van der Waals surface area contributed by atoms with Crippen molar-refractivity contribution in [2.75, 3.05) is 19.6 Å². The standard InChI is InChI=1S/C13H20N2OS/c16-12(7-14-11-1-2-11)9-15-5-3-13-10(8-15)4-6-17-13/h4,6,11-12,14,16H,1-3,5,7-9H2. The van der Waals surface area contributed by atoms with Gasteiger partial charge in [-0.05, 0) is 36.3 Å². The number of hydrogen-bond acceptors (Lipinski definition) is 4. The predicted molar refractivity (Wildman–Crippen MR) is 70.3 cm³/mol. The molecule has 0 amide bonds. The van der Waals surface area contributed by atoms with Crippen LogP contribution < -0.4 is 5.32 Å². The zero-order chi connectivity index (χ0) is 11.7. The molecule has 2 aliphatic rings. The Kier molecular flexibility index (Phi) is 3.47. The molecule has 1 atom stereocenters. The zero-order valence-electron chi connectivity index (χ0n) is 10.1. The number of rotatable bonds is 5. The number of thiophene rings is 1. The molecule has 2 heterocycles. The highest BCUT2D eigenvalue weighted by Gasteiger charge is 2.23. The molecule has 0 spiro atoms. The van der Waals surface area contributed by atoms with Gasteiger partial charge in [-0.25, -0.2) is 0 Å². The Balaban J connectivity index is 1.46. The minimum Gasteiger partial charge on any atom is -0.390 e. The van der Waals surface area contributed by atoms with E-state index < -0.39 is 0 Å². The van der Waals surface area contributed by atoms with Crippen LogP contribution in [0, 0.1) is 0 Å². The summed E-state index contributed by atoms with van der Waals surface area (Å²) >= 11 is 1.87. The minimum atomic E-state index is -0.226. The van der Waals surface area contributed by atoms with Gasteiger partial charge in [-0.2, -0.15) is 0 Å². The van der Waals surface area contributed by atoms with Gasteiger partial charge in [0.15, 0.2) is 0 Å². The molecule has 3 nitrogen and oxygen atoms in total. The van der Waals surface area contributed by atoms with E-state index in [1.807, 2.05) is 11.3 Å². The fraction of sp³-hybridized carbons (Fsp3) is 0.692. The summed E-state index contributed by atoms with van der Waals surface area (Å²) in [6.07, 6.45) is 3.50. The molecule has 1 saturated carbocycles. The second kappa shape index (κ2) is 5.06. The summed E-state index contributed by atoms with van der Waals surface area (Å²) in [5.41, 5.74) is 1.46. The first-order valence-electron chi connectivity index (χ1n) is 6.50. The highest BCUT2D eigenvalue weighted by atomic mass is 32.1. The number of hydrogen-bond donors (Lipinski definition) is 2. The van der Waals surface area contributed by atoms with E-state index in [2.05, 4.69) is 21.7 Å². The first-order valence-corrected chi connectivity index (χ1v) is 7.38. The zero-order valence-corrected chi connectivity index (χ0v) is 10.9. The molecule has 1 unspecified atom stereocenters. The summed E-state index contributed by atoms with van der Waals surface area (Å²) in [6, 6.07) is 2.91. The maximum Gasteiger partial charge on any atom is 0.0791 e.